The standard InChI is InChI=1S/C11H12N2O3S/c1-8-2-4-9(5-3-8)17(15,16)11(14)10-6-12-7-13-10/h2-7,11,14H,1H3,(H,12,13). The molecule has 0 radical (unpaired) electrons. The fourth-order valence-corrected chi connectivity index (χ4v) is 2.66. The number of aryl methyl sites for hydroxylation is 1. The molecule has 0 amide bonds. The molecule has 0 spiro atoms. The zero-order chi connectivity index (χ0) is 12.5. The van der Waals surface area contributed by atoms with E-state index in [9.17, 15) is 13.5 Å². The summed E-state index contributed by atoms with van der Waals surface area (Å²) in [5, 5.41) is 9.80. The second-order valence-electron chi connectivity index (χ2n) is 3.72. The molecule has 0 saturated carbocycles. The lowest BCUT2D eigenvalue weighted by molar-refractivity contribution is 0.250. The van der Waals surface area contributed by atoms with E-state index in [0.29, 0.717) is 0 Å². The van der Waals surface area contributed by atoms with E-state index in [1.54, 1.807) is 12.1 Å². The summed E-state index contributed by atoms with van der Waals surface area (Å²) in [6, 6.07) is 6.33. The van der Waals surface area contributed by atoms with E-state index >= 15 is 0 Å². The van der Waals surface area contributed by atoms with E-state index in [0.717, 1.165) is 5.56 Å². The quantitative estimate of drug-likeness (QED) is 0.859. The topological polar surface area (TPSA) is 83.1 Å². The highest BCUT2D eigenvalue weighted by Crippen LogP contribution is 2.24. The number of nitrogens with one attached hydrogen (secondary N) is 1. The molecule has 0 saturated heterocycles. The minimum absolute atomic E-state index is 0.0881. The van der Waals surface area contributed by atoms with Gasteiger partial charge >= 0.3 is 0 Å². The highest BCUT2D eigenvalue weighted by atomic mass is 32.2. The SMILES string of the molecule is Cc1ccc(S(=O)(=O)C(O)c2cnc[nH]2)cc1. The van der Waals surface area contributed by atoms with Crippen LogP contribution in [0, 0.1) is 6.92 Å². The van der Waals surface area contributed by atoms with Crippen molar-refractivity contribution in [3.63, 3.8) is 0 Å². The normalized spacial score (nSPS) is 13.5. The number of imidazole rings is 1. The van der Waals surface area contributed by atoms with Crippen LogP contribution in [0.15, 0.2) is 41.7 Å². The summed E-state index contributed by atoms with van der Waals surface area (Å²) in [6.07, 6.45) is 2.61. The predicted octanol–water partition coefficient (Wildman–Crippen LogP) is 1.18. The molecule has 1 aromatic heterocycles. The third-order valence-corrected chi connectivity index (χ3v) is 4.20. The van der Waals surface area contributed by atoms with Crippen LogP contribution in [0.2, 0.25) is 0 Å². The number of H-pyrrole nitrogens is 1. The first-order valence-electron chi connectivity index (χ1n) is 4.99. The molecule has 0 bridgehead atoms. The summed E-state index contributed by atoms with van der Waals surface area (Å²) in [7, 11) is -3.79. The molecule has 0 fully saturated rings. The number of aromatic amines is 1. The Hall–Kier alpha value is -1.66. The van der Waals surface area contributed by atoms with Crippen molar-refractivity contribution in [3.05, 3.63) is 48.0 Å². The molecule has 6 heteroatoms. The number of aliphatic hydroxyl groups is 1. The summed E-state index contributed by atoms with van der Waals surface area (Å²) in [5.41, 5.74) is -0.502. The fourth-order valence-electron chi connectivity index (χ4n) is 1.43. The van der Waals surface area contributed by atoms with Gasteiger partial charge in [0.15, 0.2) is 0 Å². The fraction of sp³-hybridized carbons (Fsp3) is 0.182. The molecule has 1 unspecified atom stereocenters. The van der Waals surface area contributed by atoms with Gasteiger partial charge in [0.2, 0.25) is 15.3 Å². The van der Waals surface area contributed by atoms with Crippen molar-refractivity contribution < 1.29 is 13.5 Å². The minimum Gasteiger partial charge on any atom is -0.372 e. The molecule has 2 aromatic rings. The van der Waals surface area contributed by atoms with Crippen molar-refractivity contribution in [1.29, 1.82) is 0 Å². The highest BCUT2D eigenvalue weighted by Gasteiger charge is 2.27. The molecular formula is C11H12N2O3S. The van der Waals surface area contributed by atoms with Gasteiger partial charge in [0.1, 0.15) is 0 Å². The van der Waals surface area contributed by atoms with Crippen molar-refractivity contribution in [2.45, 2.75) is 17.3 Å². The van der Waals surface area contributed by atoms with Crippen molar-refractivity contribution in [1.82, 2.24) is 9.97 Å². The molecule has 0 aliphatic heterocycles. The van der Waals surface area contributed by atoms with Crippen LogP contribution in [0.5, 0.6) is 0 Å². The zero-order valence-electron chi connectivity index (χ0n) is 9.16. The molecule has 2 rings (SSSR count). The van der Waals surface area contributed by atoms with Crippen molar-refractivity contribution in [2.75, 3.05) is 0 Å². The number of hydrogen-bond donors (Lipinski definition) is 2. The van der Waals surface area contributed by atoms with Gasteiger partial charge in [-0.15, -0.1) is 0 Å². The van der Waals surface area contributed by atoms with Gasteiger partial charge in [-0.3, -0.25) is 0 Å². The molecule has 1 heterocycles. The van der Waals surface area contributed by atoms with Crippen molar-refractivity contribution in [2.24, 2.45) is 0 Å². The van der Waals surface area contributed by atoms with Gasteiger partial charge in [0.05, 0.1) is 23.1 Å². The summed E-state index contributed by atoms with van der Waals surface area (Å²) < 4.78 is 24.1. The van der Waals surface area contributed by atoms with E-state index in [1.807, 2.05) is 6.92 Å². The van der Waals surface area contributed by atoms with Crippen LogP contribution in [-0.2, 0) is 9.84 Å². The maximum atomic E-state index is 12.0. The zero-order valence-corrected chi connectivity index (χ0v) is 9.98. The number of sulfone groups is 1. The van der Waals surface area contributed by atoms with Gasteiger partial charge in [0, 0.05) is 0 Å². The first kappa shape index (κ1) is 11.8. The highest BCUT2D eigenvalue weighted by molar-refractivity contribution is 7.91. The van der Waals surface area contributed by atoms with Crippen molar-refractivity contribution >= 4 is 9.84 Å². The second-order valence-corrected chi connectivity index (χ2v) is 5.73. The number of aliphatic hydroxyl groups excluding tert-OH is 1. The monoisotopic (exact) mass is 252 g/mol. The largest absolute Gasteiger partial charge is 0.372 e. The minimum atomic E-state index is -3.79. The molecule has 90 valence electrons. The third-order valence-electron chi connectivity index (χ3n) is 2.43. The Balaban J connectivity index is 2.40. The lowest BCUT2D eigenvalue weighted by Crippen LogP contribution is -2.13. The van der Waals surface area contributed by atoms with E-state index < -0.39 is 15.3 Å². The summed E-state index contributed by atoms with van der Waals surface area (Å²) in [4.78, 5) is 6.36. The molecule has 17 heavy (non-hydrogen) atoms. The Labute approximate surface area is 99.1 Å². The van der Waals surface area contributed by atoms with Gasteiger partial charge in [-0.05, 0) is 19.1 Å². The molecular weight excluding hydrogens is 240 g/mol. The van der Waals surface area contributed by atoms with Crippen LogP contribution in [0.4, 0.5) is 0 Å². The molecule has 1 atom stereocenters. The van der Waals surface area contributed by atoms with Gasteiger partial charge in [0.25, 0.3) is 0 Å². The number of rotatable bonds is 3. The Morgan fingerprint density at radius 3 is 2.47 bits per heavy atom. The van der Waals surface area contributed by atoms with Gasteiger partial charge in [-0.25, -0.2) is 13.4 Å². The molecule has 1 aromatic carbocycles. The van der Waals surface area contributed by atoms with Crippen molar-refractivity contribution in [3.8, 4) is 0 Å². The Bertz CT molecular complexity index is 588. The summed E-state index contributed by atoms with van der Waals surface area (Å²) in [5.74, 6) is 0. The Morgan fingerprint density at radius 1 is 1.29 bits per heavy atom. The maximum absolute atomic E-state index is 12.0. The van der Waals surface area contributed by atoms with E-state index in [4.69, 9.17) is 0 Å². The molecule has 0 aliphatic carbocycles. The average Bonchev–Trinajstić information content (AvgIpc) is 2.82. The molecule has 0 aliphatic rings. The van der Waals surface area contributed by atoms with Crippen LogP contribution < -0.4 is 0 Å². The average molecular weight is 252 g/mol. The number of benzene rings is 1. The first-order valence-corrected chi connectivity index (χ1v) is 6.53. The van der Waals surface area contributed by atoms with Crippen LogP contribution in [0.1, 0.15) is 16.7 Å². The smallest absolute Gasteiger partial charge is 0.210 e. The molecule has 2 N–H and O–H groups in total. The number of aromatic nitrogens is 2. The first-order chi connectivity index (χ1) is 8.01. The Kier molecular flexibility index (Phi) is 2.99. The summed E-state index contributed by atoms with van der Waals surface area (Å²) >= 11 is 0. The van der Waals surface area contributed by atoms with Crippen LogP contribution >= 0.6 is 0 Å². The van der Waals surface area contributed by atoms with E-state index in [1.165, 1.54) is 24.7 Å². The maximum Gasteiger partial charge on any atom is 0.210 e. The van der Waals surface area contributed by atoms with Gasteiger partial charge in [-0.1, -0.05) is 17.7 Å². The van der Waals surface area contributed by atoms with Crippen LogP contribution in [0.25, 0.3) is 0 Å². The van der Waals surface area contributed by atoms with E-state index in [2.05, 4.69) is 9.97 Å². The summed E-state index contributed by atoms with van der Waals surface area (Å²) in [6.45, 7) is 1.86. The molecule has 5 nitrogen and oxygen atoms in total. The van der Waals surface area contributed by atoms with Gasteiger partial charge < -0.3 is 10.1 Å². The van der Waals surface area contributed by atoms with E-state index in [-0.39, 0.29) is 10.6 Å². The third kappa shape index (κ3) is 2.22. The lowest BCUT2D eigenvalue weighted by atomic mass is 10.2. The number of hydrogen-bond acceptors (Lipinski definition) is 4. The lowest BCUT2D eigenvalue weighted by Gasteiger charge is -2.10. The van der Waals surface area contributed by atoms with Crippen LogP contribution in [0.3, 0.4) is 0 Å². The second kappa shape index (κ2) is 4.31. The predicted molar refractivity (Wildman–Crippen MR) is 61.9 cm³/mol. The van der Waals surface area contributed by atoms with Crippen LogP contribution in [-0.4, -0.2) is 23.5 Å². The Morgan fingerprint density at radius 2 is 1.94 bits per heavy atom. The number of nitrogens with zero attached hydrogens (tertiary/aromatic N) is 1. The van der Waals surface area contributed by atoms with Gasteiger partial charge in [-0.2, -0.15) is 0 Å².